The lowest BCUT2D eigenvalue weighted by molar-refractivity contribution is -0.385. The third-order valence-electron chi connectivity index (χ3n) is 2.79. The predicted octanol–water partition coefficient (Wildman–Crippen LogP) is 2.61. The maximum absolute atomic E-state index is 11.0. The van der Waals surface area contributed by atoms with Gasteiger partial charge in [-0.15, -0.1) is 0 Å². The van der Waals surface area contributed by atoms with E-state index in [4.69, 9.17) is 21.6 Å². The zero-order valence-corrected chi connectivity index (χ0v) is 12.0. The van der Waals surface area contributed by atoms with Crippen molar-refractivity contribution in [3.8, 4) is 6.07 Å². The molecule has 0 fully saturated rings. The molecular weight excluding hydrogens is 282 g/mol. The van der Waals surface area contributed by atoms with Gasteiger partial charge >= 0.3 is 0 Å². The summed E-state index contributed by atoms with van der Waals surface area (Å²) in [6.07, 6.45) is 0.366. The molecule has 6 nitrogen and oxygen atoms in total. The van der Waals surface area contributed by atoms with Crippen LogP contribution in [0, 0.1) is 21.4 Å². The van der Waals surface area contributed by atoms with Gasteiger partial charge in [-0.1, -0.05) is 11.6 Å². The summed E-state index contributed by atoms with van der Waals surface area (Å²) in [6, 6.07) is 6.69. The number of nitro groups is 1. The second-order valence-corrected chi connectivity index (χ2v) is 4.64. The van der Waals surface area contributed by atoms with Gasteiger partial charge in [-0.05, 0) is 12.1 Å². The Morgan fingerprint density at radius 3 is 2.85 bits per heavy atom. The number of nitriles is 1. The Labute approximate surface area is 122 Å². The molecule has 0 heterocycles. The Bertz CT molecular complexity index is 502. The summed E-state index contributed by atoms with van der Waals surface area (Å²) in [7, 11) is 1.59. The monoisotopic (exact) mass is 297 g/mol. The highest BCUT2D eigenvalue weighted by Crippen LogP contribution is 2.24. The molecule has 0 radical (unpaired) electrons. The molecule has 0 saturated heterocycles. The highest BCUT2D eigenvalue weighted by molar-refractivity contribution is 6.30. The Morgan fingerprint density at radius 1 is 1.50 bits per heavy atom. The summed E-state index contributed by atoms with van der Waals surface area (Å²) in [4.78, 5) is 12.5. The van der Waals surface area contributed by atoms with Gasteiger partial charge < -0.3 is 4.74 Å². The first-order chi connectivity index (χ1) is 9.58. The van der Waals surface area contributed by atoms with Gasteiger partial charge in [0, 0.05) is 49.8 Å². The topological polar surface area (TPSA) is 79.4 Å². The lowest BCUT2D eigenvalue weighted by Gasteiger charge is -2.20. The van der Waals surface area contributed by atoms with E-state index in [0.717, 1.165) is 0 Å². The van der Waals surface area contributed by atoms with Crippen LogP contribution in [0.4, 0.5) is 5.69 Å². The van der Waals surface area contributed by atoms with Crippen LogP contribution in [0.5, 0.6) is 0 Å². The minimum atomic E-state index is -0.444. The van der Waals surface area contributed by atoms with Crippen LogP contribution < -0.4 is 0 Å². The van der Waals surface area contributed by atoms with Crippen LogP contribution in [0.15, 0.2) is 18.2 Å². The van der Waals surface area contributed by atoms with E-state index in [2.05, 4.69) is 6.07 Å². The van der Waals surface area contributed by atoms with E-state index in [0.29, 0.717) is 43.2 Å². The lowest BCUT2D eigenvalue weighted by atomic mass is 10.1. The van der Waals surface area contributed by atoms with E-state index in [1.54, 1.807) is 19.2 Å². The van der Waals surface area contributed by atoms with Gasteiger partial charge in [0.1, 0.15) is 0 Å². The van der Waals surface area contributed by atoms with Crippen molar-refractivity contribution in [1.29, 1.82) is 5.26 Å². The molecule has 1 aromatic rings. The minimum Gasteiger partial charge on any atom is -0.383 e. The zero-order valence-electron chi connectivity index (χ0n) is 11.2. The van der Waals surface area contributed by atoms with Crippen LogP contribution in [0.2, 0.25) is 5.02 Å². The van der Waals surface area contributed by atoms with Gasteiger partial charge in [-0.3, -0.25) is 15.0 Å². The lowest BCUT2D eigenvalue weighted by Crippen LogP contribution is -2.28. The number of benzene rings is 1. The summed E-state index contributed by atoms with van der Waals surface area (Å²) in [5, 5.41) is 20.0. The Hall–Kier alpha value is -1.68. The van der Waals surface area contributed by atoms with Crippen LogP contribution in [0.1, 0.15) is 12.0 Å². The number of nitro benzene ring substituents is 1. The molecule has 1 aromatic carbocycles. The average Bonchev–Trinajstić information content (AvgIpc) is 2.43. The maximum atomic E-state index is 11.0. The van der Waals surface area contributed by atoms with Crippen LogP contribution in [0.25, 0.3) is 0 Å². The maximum Gasteiger partial charge on any atom is 0.275 e. The minimum absolute atomic E-state index is 0.00289. The van der Waals surface area contributed by atoms with Gasteiger partial charge in [0.15, 0.2) is 0 Å². The number of rotatable bonds is 8. The second kappa shape index (κ2) is 8.48. The molecule has 0 saturated carbocycles. The van der Waals surface area contributed by atoms with Crippen LogP contribution in [-0.4, -0.2) is 36.6 Å². The molecule has 0 bridgehead atoms. The van der Waals surface area contributed by atoms with Crippen molar-refractivity contribution in [2.75, 3.05) is 26.8 Å². The van der Waals surface area contributed by atoms with Crippen LogP contribution in [-0.2, 0) is 11.3 Å². The van der Waals surface area contributed by atoms with Crippen molar-refractivity contribution in [2.24, 2.45) is 0 Å². The summed E-state index contributed by atoms with van der Waals surface area (Å²) < 4.78 is 5.01. The molecule has 7 heteroatoms. The fourth-order valence-electron chi connectivity index (χ4n) is 1.78. The van der Waals surface area contributed by atoms with Crippen molar-refractivity contribution >= 4 is 17.3 Å². The highest BCUT2D eigenvalue weighted by atomic mass is 35.5. The van der Waals surface area contributed by atoms with Gasteiger partial charge in [-0.2, -0.15) is 5.26 Å². The van der Waals surface area contributed by atoms with E-state index >= 15 is 0 Å². The average molecular weight is 298 g/mol. The molecule has 0 unspecified atom stereocenters. The molecule has 20 heavy (non-hydrogen) atoms. The summed E-state index contributed by atoms with van der Waals surface area (Å²) >= 11 is 5.78. The third-order valence-corrected chi connectivity index (χ3v) is 3.02. The van der Waals surface area contributed by atoms with Gasteiger partial charge in [0.05, 0.1) is 17.6 Å². The van der Waals surface area contributed by atoms with E-state index in [-0.39, 0.29) is 5.69 Å². The number of nitrogens with zero attached hydrogens (tertiary/aromatic N) is 3. The smallest absolute Gasteiger partial charge is 0.275 e. The van der Waals surface area contributed by atoms with Gasteiger partial charge in [0.2, 0.25) is 0 Å². The highest BCUT2D eigenvalue weighted by Gasteiger charge is 2.17. The number of halogens is 1. The molecule has 1 rings (SSSR count). The van der Waals surface area contributed by atoms with E-state index < -0.39 is 4.92 Å². The third kappa shape index (κ3) is 5.13. The zero-order chi connectivity index (χ0) is 15.0. The molecule has 0 amide bonds. The molecule has 0 aliphatic carbocycles. The molecule has 0 N–H and O–H groups in total. The molecule has 0 aromatic heterocycles. The summed E-state index contributed by atoms with van der Waals surface area (Å²) in [5.41, 5.74) is 0.574. The van der Waals surface area contributed by atoms with Crippen molar-refractivity contribution in [3.63, 3.8) is 0 Å². The summed E-state index contributed by atoms with van der Waals surface area (Å²) in [6.45, 7) is 2.04. The van der Waals surface area contributed by atoms with Crippen molar-refractivity contribution in [3.05, 3.63) is 38.9 Å². The molecule has 0 atom stereocenters. The summed E-state index contributed by atoms with van der Waals surface area (Å²) in [5.74, 6) is 0. The standard InChI is InChI=1S/C13H16ClN3O3/c1-20-8-7-16(6-2-5-15)10-11-3-4-12(14)9-13(11)17(18)19/h3-4,9H,2,6-8,10H2,1H3. The van der Waals surface area contributed by atoms with Crippen LogP contribution in [0.3, 0.4) is 0 Å². The molecular formula is C13H16ClN3O3. The normalized spacial score (nSPS) is 10.5. The largest absolute Gasteiger partial charge is 0.383 e. The predicted molar refractivity (Wildman–Crippen MR) is 75.5 cm³/mol. The van der Waals surface area contributed by atoms with Crippen molar-refractivity contribution in [1.82, 2.24) is 4.90 Å². The number of ether oxygens (including phenoxy) is 1. The Balaban J connectivity index is 2.86. The quantitative estimate of drug-likeness (QED) is 0.544. The first-order valence-electron chi connectivity index (χ1n) is 6.09. The van der Waals surface area contributed by atoms with E-state index in [9.17, 15) is 10.1 Å². The van der Waals surface area contributed by atoms with Crippen LogP contribution >= 0.6 is 11.6 Å². The van der Waals surface area contributed by atoms with Crippen molar-refractivity contribution < 1.29 is 9.66 Å². The number of hydrogen-bond donors (Lipinski definition) is 0. The number of methoxy groups -OCH3 is 1. The van der Waals surface area contributed by atoms with Gasteiger partial charge in [0.25, 0.3) is 5.69 Å². The Kier molecular flexibility index (Phi) is 6.94. The molecule has 0 aliphatic rings. The fraction of sp³-hybridized carbons (Fsp3) is 0.462. The molecule has 108 valence electrons. The SMILES string of the molecule is COCCN(CCC#N)Cc1ccc(Cl)cc1[N+](=O)[O-]. The molecule has 0 aliphatic heterocycles. The van der Waals surface area contributed by atoms with Gasteiger partial charge in [-0.25, -0.2) is 0 Å². The van der Waals surface area contributed by atoms with E-state index in [1.807, 2.05) is 4.90 Å². The fourth-order valence-corrected chi connectivity index (χ4v) is 1.95. The second-order valence-electron chi connectivity index (χ2n) is 4.21. The van der Waals surface area contributed by atoms with Crippen molar-refractivity contribution in [2.45, 2.75) is 13.0 Å². The molecule has 0 spiro atoms. The van der Waals surface area contributed by atoms with E-state index in [1.165, 1.54) is 6.07 Å². The number of hydrogen-bond acceptors (Lipinski definition) is 5. The Morgan fingerprint density at radius 2 is 2.25 bits per heavy atom. The first kappa shape index (κ1) is 16.4. The first-order valence-corrected chi connectivity index (χ1v) is 6.47.